The Hall–Kier alpha value is -5.46. The molecule has 12 heteroatoms. The normalized spacial score (nSPS) is 18.3. The molecular weight excluding hydrogens is 837 g/mol. The van der Waals surface area contributed by atoms with Crippen molar-refractivity contribution in [2.75, 3.05) is 11.0 Å². The number of azide groups is 1. The summed E-state index contributed by atoms with van der Waals surface area (Å²) < 4.78 is 11.3. The first-order valence-corrected chi connectivity index (χ1v) is 20.3. The minimum absolute atomic E-state index is 0.0273. The van der Waals surface area contributed by atoms with Gasteiger partial charge in [-0.05, 0) is 72.7 Å². The van der Waals surface area contributed by atoms with Crippen LogP contribution in [0.2, 0.25) is 0 Å². The van der Waals surface area contributed by atoms with Gasteiger partial charge in [-0.25, -0.2) is 0 Å². The molecule has 0 amide bonds. The van der Waals surface area contributed by atoms with Crippen molar-refractivity contribution >= 4 is 46.5 Å². The Labute approximate surface area is 347 Å². The Morgan fingerprint density at radius 1 is 0.754 bits per heavy atom. The predicted molar refractivity (Wildman–Crippen MR) is 228 cm³/mol. The number of hydrogen-bond acceptors (Lipinski definition) is 7. The third-order valence-corrected chi connectivity index (χ3v) is 10.1. The molecule has 57 heavy (non-hydrogen) atoms. The van der Waals surface area contributed by atoms with E-state index in [1.807, 2.05) is 109 Å². The number of hydrogen-bond donors (Lipinski definition) is 2. The Kier molecular flexibility index (Phi) is 21.3. The van der Waals surface area contributed by atoms with Gasteiger partial charge in [0.25, 0.3) is 0 Å². The molecule has 0 aromatic heterocycles. The molecule has 0 radical (unpaired) electrons. The topological polar surface area (TPSA) is 176 Å². The maximum atomic E-state index is 11.6. The third kappa shape index (κ3) is 18.4. The van der Waals surface area contributed by atoms with Crippen molar-refractivity contribution in [1.82, 2.24) is 0 Å². The van der Waals surface area contributed by atoms with E-state index in [4.69, 9.17) is 25.2 Å². The SMILES string of the molecule is C=CCC(Cc1ccccc1)C(=O)O.O=C(O)CCc1ccccc1.O=C1OC(CI)CC1Cc1ccccc1.[N-]=[N+]=NCC1CC(Cc2ccccc2)C(=O)O1. The summed E-state index contributed by atoms with van der Waals surface area (Å²) >= 11 is 2.26. The zero-order chi connectivity index (χ0) is 41.3. The molecule has 2 N–H and O–H groups in total. The summed E-state index contributed by atoms with van der Waals surface area (Å²) in [6.07, 6.45) is 6.45. The van der Waals surface area contributed by atoms with E-state index in [2.05, 4.69) is 51.3 Å². The van der Waals surface area contributed by atoms with Gasteiger partial charge in [-0.1, -0.05) is 155 Å². The molecule has 2 aliphatic rings. The number of carbonyl (C=O) groups is 4. The quantitative estimate of drug-likeness (QED) is 0.0226. The number of carboxylic acids is 2. The van der Waals surface area contributed by atoms with Crippen molar-refractivity contribution in [3.05, 3.63) is 167 Å². The van der Waals surface area contributed by atoms with Crippen molar-refractivity contribution in [3.63, 3.8) is 0 Å². The number of carbonyl (C=O) groups excluding carboxylic acids is 2. The minimum Gasteiger partial charge on any atom is -0.481 e. The van der Waals surface area contributed by atoms with Crippen LogP contribution >= 0.6 is 22.6 Å². The molecule has 4 aromatic carbocycles. The molecule has 5 atom stereocenters. The van der Waals surface area contributed by atoms with Gasteiger partial charge < -0.3 is 19.7 Å². The second-order valence-corrected chi connectivity index (χ2v) is 14.4. The molecule has 0 bridgehead atoms. The number of esters is 2. The molecule has 2 aliphatic heterocycles. The minimum atomic E-state index is -0.756. The number of nitrogens with zero attached hydrogens (tertiary/aromatic N) is 3. The fourth-order valence-electron chi connectivity index (χ4n) is 6.18. The van der Waals surface area contributed by atoms with Crippen molar-refractivity contribution in [3.8, 4) is 0 Å². The molecule has 300 valence electrons. The van der Waals surface area contributed by atoms with E-state index >= 15 is 0 Å². The molecule has 2 heterocycles. The molecule has 0 spiro atoms. The lowest BCUT2D eigenvalue weighted by molar-refractivity contribution is -0.144. The Morgan fingerprint density at radius 2 is 1.19 bits per heavy atom. The summed E-state index contributed by atoms with van der Waals surface area (Å²) in [4.78, 5) is 46.8. The molecule has 5 unspecified atom stereocenters. The van der Waals surface area contributed by atoms with Crippen molar-refractivity contribution in [1.29, 1.82) is 0 Å². The smallest absolute Gasteiger partial charge is 0.309 e. The van der Waals surface area contributed by atoms with Gasteiger partial charge in [-0.2, -0.15) is 0 Å². The van der Waals surface area contributed by atoms with Crippen LogP contribution in [0.25, 0.3) is 10.4 Å². The van der Waals surface area contributed by atoms with E-state index in [9.17, 15) is 19.2 Å². The van der Waals surface area contributed by atoms with Gasteiger partial charge in [0.2, 0.25) is 0 Å². The van der Waals surface area contributed by atoms with Crippen LogP contribution in [0.1, 0.15) is 47.9 Å². The summed E-state index contributed by atoms with van der Waals surface area (Å²) in [5.41, 5.74) is 12.7. The van der Waals surface area contributed by atoms with Gasteiger partial charge in [-0.3, -0.25) is 19.2 Å². The van der Waals surface area contributed by atoms with E-state index in [0.717, 1.165) is 34.0 Å². The molecule has 2 saturated heterocycles. The number of aliphatic carboxylic acids is 2. The van der Waals surface area contributed by atoms with E-state index in [-0.39, 0.29) is 54.9 Å². The molecule has 4 aromatic rings. The summed E-state index contributed by atoms with van der Waals surface area (Å²) in [5, 5.41) is 20.7. The van der Waals surface area contributed by atoms with Crippen molar-refractivity contribution < 1.29 is 38.9 Å². The van der Waals surface area contributed by atoms with Gasteiger partial charge >= 0.3 is 23.9 Å². The van der Waals surface area contributed by atoms with E-state index in [0.29, 0.717) is 32.1 Å². The maximum Gasteiger partial charge on any atom is 0.309 e. The number of alkyl halides is 1. The van der Waals surface area contributed by atoms with Crippen LogP contribution in [0.15, 0.2) is 139 Å². The number of cyclic esters (lactones) is 2. The summed E-state index contributed by atoms with van der Waals surface area (Å²) in [6, 6.07) is 39.2. The zero-order valence-electron chi connectivity index (χ0n) is 31.9. The van der Waals surface area contributed by atoms with Crippen molar-refractivity contribution in [2.24, 2.45) is 22.9 Å². The molecule has 0 saturated carbocycles. The average molecular weight is 888 g/mol. The number of ether oxygens (including phenoxy) is 2. The molecule has 2 fully saturated rings. The van der Waals surface area contributed by atoms with E-state index in [1.54, 1.807) is 6.08 Å². The third-order valence-electron chi connectivity index (χ3n) is 9.09. The Balaban J connectivity index is 0.000000206. The predicted octanol–water partition coefficient (Wildman–Crippen LogP) is 9.28. The fourth-order valence-corrected chi connectivity index (χ4v) is 6.72. The fraction of sp³-hybridized carbons (Fsp3) is 0.333. The number of carboxylic acid groups (broad SMARTS) is 2. The summed E-state index contributed by atoms with van der Waals surface area (Å²) in [5.74, 6) is -2.12. The number of benzene rings is 4. The highest BCUT2D eigenvalue weighted by Crippen LogP contribution is 2.26. The molecule has 6 rings (SSSR count). The lowest BCUT2D eigenvalue weighted by Crippen LogP contribution is -2.15. The Bertz CT molecular complexity index is 1860. The molecule has 11 nitrogen and oxygen atoms in total. The highest BCUT2D eigenvalue weighted by atomic mass is 127. The summed E-state index contributed by atoms with van der Waals surface area (Å²) in [7, 11) is 0. The van der Waals surface area contributed by atoms with E-state index in [1.165, 1.54) is 5.56 Å². The van der Waals surface area contributed by atoms with E-state index < -0.39 is 11.9 Å². The summed E-state index contributed by atoms with van der Waals surface area (Å²) in [6.45, 7) is 3.79. The van der Waals surface area contributed by atoms with Gasteiger partial charge in [0, 0.05) is 15.8 Å². The van der Waals surface area contributed by atoms with Crippen LogP contribution in [0.4, 0.5) is 0 Å². The van der Waals surface area contributed by atoms with Crippen LogP contribution < -0.4 is 0 Å². The lowest BCUT2D eigenvalue weighted by Gasteiger charge is -2.09. The lowest BCUT2D eigenvalue weighted by atomic mass is 9.96. The number of halogens is 1. The monoisotopic (exact) mass is 887 g/mol. The number of rotatable bonds is 15. The number of allylic oxidation sites excluding steroid dienone is 1. The number of aryl methyl sites for hydroxylation is 1. The van der Waals surface area contributed by atoms with Gasteiger partial charge in [0.15, 0.2) is 0 Å². The van der Waals surface area contributed by atoms with Crippen LogP contribution in [0.3, 0.4) is 0 Å². The molecule has 0 aliphatic carbocycles. The van der Waals surface area contributed by atoms with Crippen LogP contribution in [-0.2, 0) is 54.3 Å². The highest BCUT2D eigenvalue weighted by molar-refractivity contribution is 14.1. The Morgan fingerprint density at radius 3 is 1.60 bits per heavy atom. The van der Waals surface area contributed by atoms with Crippen LogP contribution in [-0.4, -0.2) is 57.3 Å². The first-order chi connectivity index (χ1) is 27.6. The molecular formula is C45H50IN3O8. The highest BCUT2D eigenvalue weighted by Gasteiger charge is 2.34. The largest absolute Gasteiger partial charge is 0.481 e. The standard InChI is InChI=1S/C12H13IO2.C12H13N3O2.C12H14O2.C9H10O2/c13-8-11-7-10(12(14)15-11)6-9-4-2-1-3-5-9;13-15-14-8-11-7-10(12(16)17-11)6-9-4-2-1-3-5-9;1-2-6-11(12(13)14)9-10-7-4-3-5-8-10;10-9(11)7-6-8-4-2-1-3-5-8/h1-5,10-11H,6-8H2;1-5,10-11H,6-8H2;2-5,7-8,11H,1,6,9H2,(H,13,14);1-5H,6-7H2,(H,10,11). The zero-order valence-corrected chi connectivity index (χ0v) is 34.0. The van der Waals surface area contributed by atoms with Gasteiger partial charge in [0.05, 0.1) is 24.3 Å². The maximum absolute atomic E-state index is 11.6. The average Bonchev–Trinajstić information content (AvgIpc) is 3.77. The van der Waals surface area contributed by atoms with Gasteiger partial charge in [-0.15, -0.1) is 6.58 Å². The van der Waals surface area contributed by atoms with Gasteiger partial charge in [0.1, 0.15) is 12.2 Å². The second kappa shape index (κ2) is 26.4. The second-order valence-electron chi connectivity index (χ2n) is 13.6. The first-order valence-electron chi connectivity index (χ1n) is 18.8. The van der Waals surface area contributed by atoms with Crippen LogP contribution in [0.5, 0.6) is 0 Å². The van der Waals surface area contributed by atoms with Crippen molar-refractivity contribution in [2.45, 2.75) is 63.6 Å². The van der Waals surface area contributed by atoms with Crippen LogP contribution in [0, 0.1) is 17.8 Å². The first kappa shape index (κ1) is 45.9.